The van der Waals surface area contributed by atoms with E-state index >= 15 is 0 Å². The van der Waals surface area contributed by atoms with Crippen LogP contribution in [0.15, 0.2) is 47.4 Å². The van der Waals surface area contributed by atoms with Gasteiger partial charge in [-0.05, 0) is 23.3 Å². The Labute approximate surface area is 109 Å². The van der Waals surface area contributed by atoms with Crippen LogP contribution in [0.3, 0.4) is 0 Å². The molecule has 0 aromatic heterocycles. The molecule has 0 bridgehead atoms. The number of halogens is 2. The first-order valence-corrected chi connectivity index (χ1v) is 6.82. The summed E-state index contributed by atoms with van der Waals surface area (Å²) in [6.45, 7) is 0. The van der Waals surface area contributed by atoms with Crippen LogP contribution >= 0.6 is 23.4 Å². The summed E-state index contributed by atoms with van der Waals surface area (Å²) in [6.07, 6.45) is 0. The highest BCUT2D eigenvalue weighted by atomic mass is 35.5. The monoisotopic (exact) mass is 264 g/mol. The molecule has 2 aromatic rings. The smallest absolute Gasteiger partial charge is 0.127 e. The molecule has 1 atom stereocenters. The third-order valence-electron chi connectivity index (χ3n) is 2.99. The van der Waals surface area contributed by atoms with Gasteiger partial charge in [-0.25, -0.2) is 4.39 Å². The Morgan fingerprint density at radius 2 is 1.82 bits per heavy atom. The van der Waals surface area contributed by atoms with Crippen molar-refractivity contribution < 1.29 is 4.39 Å². The van der Waals surface area contributed by atoms with Gasteiger partial charge < -0.3 is 0 Å². The van der Waals surface area contributed by atoms with Gasteiger partial charge in [0.05, 0.1) is 5.38 Å². The molecule has 2 aromatic carbocycles. The quantitative estimate of drug-likeness (QED) is 0.618. The molecule has 0 nitrogen and oxygen atoms in total. The molecular weight excluding hydrogens is 255 g/mol. The van der Waals surface area contributed by atoms with Crippen molar-refractivity contribution in [3.63, 3.8) is 0 Å². The molecule has 0 amide bonds. The lowest BCUT2D eigenvalue weighted by Gasteiger charge is -2.12. The molecule has 0 saturated heterocycles. The predicted octanol–water partition coefficient (Wildman–Crippen LogP) is 4.76. The lowest BCUT2D eigenvalue weighted by atomic mass is 10.00. The third-order valence-corrected chi connectivity index (χ3v) is 4.58. The summed E-state index contributed by atoms with van der Waals surface area (Å²) >= 11 is 8.12. The molecule has 0 aliphatic carbocycles. The predicted molar refractivity (Wildman–Crippen MR) is 70.1 cm³/mol. The van der Waals surface area contributed by atoms with E-state index in [2.05, 4.69) is 0 Å². The van der Waals surface area contributed by atoms with Crippen LogP contribution in [0.4, 0.5) is 4.39 Å². The Hall–Kier alpha value is -0.990. The van der Waals surface area contributed by atoms with Gasteiger partial charge in [-0.3, -0.25) is 0 Å². The maximum Gasteiger partial charge on any atom is 0.127 e. The minimum Gasteiger partial charge on any atom is -0.207 e. The van der Waals surface area contributed by atoms with Crippen molar-refractivity contribution in [1.82, 2.24) is 0 Å². The Morgan fingerprint density at radius 3 is 2.71 bits per heavy atom. The fraction of sp³-hybridized carbons (Fsp3) is 0.143. The van der Waals surface area contributed by atoms with Crippen LogP contribution in [0.2, 0.25) is 0 Å². The minimum atomic E-state index is -0.258. The van der Waals surface area contributed by atoms with E-state index in [0.717, 1.165) is 21.6 Å². The van der Waals surface area contributed by atoms with E-state index in [1.165, 1.54) is 6.07 Å². The summed E-state index contributed by atoms with van der Waals surface area (Å²) in [4.78, 5) is 1.14. The van der Waals surface area contributed by atoms with Crippen LogP contribution in [0, 0.1) is 5.82 Å². The number of rotatable bonds is 0. The van der Waals surface area contributed by atoms with Crippen molar-refractivity contribution in [2.75, 3.05) is 0 Å². The number of alkyl halides is 1. The highest BCUT2D eigenvalue weighted by Crippen LogP contribution is 2.42. The second kappa shape index (κ2) is 4.35. The zero-order valence-corrected chi connectivity index (χ0v) is 10.6. The summed E-state index contributed by atoms with van der Waals surface area (Å²) in [5.41, 5.74) is 2.70. The number of fused-ring (bicyclic) bond motifs is 2. The molecular formula is C14H10ClFS. The van der Waals surface area contributed by atoms with E-state index in [4.69, 9.17) is 11.6 Å². The van der Waals surface area contributed by atoms with Crippen molar-refractivity contribution in [1.29, 1.82) is 0 Å². The summed E-state index contributed by atoms with van der Waals surface area (Å²) in [6, 6.07) is 13.2. The zero-order valence-electron chi connectivity index (χ0n) is 8.99. The SMILES string of the molecule is Fc1cccc2c1CSc1ccccc1C2Cl. The Kier molecular flexibility index (Phi) is 2.85. The second-order valence-corrected chi connectivity index (χ2v) is 5.45. The standard InChI is InChI=1S/C14H10ClFS/c15-14-9-5-3-6-12(16)11(9)8-17-13-7-2-1-4-10(13)14/h1-7,14H,8H2. The fourth-order valence-corrected chi connectivity index (χ4v) is 3.70. The molecule has 0 saturated carbocycles. The van der Waals surface area contributed by atoms with Crippen LogP contribution in [-0.4, -0.2) is 0 Å². The molecule has 0 fully saturated rings. The first-order valence-electron chi connectivity index (χ1n) is 5.40. The molecule has 1 heterocycles. The highest BCUT2D eigenvalue weighted by molar-refractivity contribution is 7.98. The van der Waals surface area contributed by atoms with E-state index in [-0.39, 0.29) is 11.2 Å². The minimum absolute atomic E-state index is 0.159. The lowest BCUT2D eigenvalue weighted by Crippen LogP contribution is -1.98. The van der Waals surface area contributed by atoms with E-state index < -0.39 is 0 Å². The fourth-order valence-electron chi connectivity index (χ4n) is 2.10. The van der Waals surface area contributed by atoms with E-state index in [0.29, 0.717) is 5.75 Å². The van der Waals surface area contributed by atoms with Crippen molar-refractivity contribution in [3.8, 4) is 0 Å². The molecule has 3 heteroatoms. The number of hydrogen-bond donors (Lipinski definition) is 0. The third kappa shape index (κ3) is 1.85. The van der Waals surface area contributed by atoms with Gasteiger partial charge in [0.2, 0.25) is 0 Å². The average Bonchev–Trinajstić information content (AvgIpc) is 2.50. The number of hydrogen-bond acceptors (Lipinski definition) is 1. The van der Waals surface area contributed by atoms with Crippen molar-refractivity contribution in [2.45, 2.75) is 16.0 Å². The van der Waals surface area contributed by atoms with Gasteiger partial charge in [0, 0.05) is 16.2 Å². The molecule has 0 N–H and O–H groups in total. The summed E-state index contributed by atoms with van der Waals surface area (Å²) < 4.78 is 13.8. The summed E-state index contributed by atoms with van der Waals surface area (Å²) in [5, 5.41) is -0.258. The topological polar surface area (TPSA) is 0 Å². The van der Waals surface area contributed by atoms with Crippen LogP contribution in [0.5, 0.6) is 0 Å². The van der Waals surface area contributed by atoms with Crippen molar-refractivity contribution >= 4 is 23.4 Å². The maximum absolute atomic E-state index is 13.8. The highest BCUT2D eigenvalue weighted by Gasteiger charge is 2.23. The van der Waals surface area contributed by atoms with Crippen molar-refractivity contribution in [2.24, 2.45) is 0 Å². The van der Waals surface area contributed by atoms with Gasteiger partial charge in [-0.1, -0.05) is 30.3 Å². The zero-order chi connectivity index (χ0) is 11.8. The van der Waals surface area contributed by atoms with Crippen LogP contribution in [0.25, 0.3) is 0 Å². The van der Waals surface area contributed by atoms with Gasteiger partial charge in [0.25, 0.3) is 0 Å². The van der Waals surface area contributed by atoms with E-state index in [9.17, 15) is 4.39 Å². The van der Waals surface area contributed by atoms with Crippen molar-refractivity contribution in [3.05, 3.63) is 65.0 Å². The Morgan fingerprint density at radius 1 is 1.06 bits per heavy atom. The number of benzene rings is 2. The van der Waals surface area contributed by atoms with Gasteiger partial charge in [0.15, 0.2) is 0 Å². The van der Waals surface area contributed by atoms with Crippen LogP contribution in [0.1, 0.15) is 22.1 Å². The molecule has 17 heavy (non-hydrogen) atoms. The van der Waals surface area contributed by atoms with Gasteiger partial charge in [-0.15, -0.1) is 23.4 Å². The van der Waals surface area contributed by atoms with Gasteiger partial charge >= 0.3 is 0 Å². The molecule has 86 valence electrons. The molecule has 1 aliphatic rings. The first kappa shape index (κ1) is 11.1. The Bertz CT molecular complexity index is 568. The second-order valence-electron chi connectivity index (χ2n) is 4.00. The molecule has 0 spiro atoms. The molecule has 1 unspecified atom stereocenters. The maximum atomic E-state index is 13.8. The molecule has 1 aliphatic heterocycles. The average molecular weight is 265 g/mol. The number of thioether (sulfide) groups is 1. The summed E-state index contributed by atoms with van der Waals surface area (Å²) in [7, 11) is 0. The lowest BCUT2D eigenvalue weighted by molar-refractivity contribution is 0.614. The van der Waals surface area contributed by atoms with E-state index in [1.807, 2.05) is 30.3 Å². The van der Waals surface area contributed by atoms with Crippen LogP contribution < -0.4 is 0 Å². The molecule has 3 rings (SSSR count). The largest absolute Gasteiger partial charge is 0.207 e. The first-order chi connectivity index (χ1) is 8.27. The van der Waals surface area contributed by atoms with Crippen LogP contribution in [-0.2, 0) is 5.75 Å². The summed E-state index contributed by atoms with van der Waals surface area (Å²) in [5.74, 6) is 0.482. The van der Waals surface area contributed by atoms with Gasteiger partial charge in [0.1, 0.15) is 5.82 Å². The van der Waals surface area contributed by atoms with E-state index in [1.54, 1.807) is 17.8 Å². The van der Waals surface area contributed by atoms with Gasteiger partial charge in [-0.2, -0.15) is 0 Å². The Balaban J connectivity index is 2.20. The normalized spacial score (nSPS) is 18.1. The molecule has 0 radical (unpaired) electrons.